The fourth-order valence-corrected chi connectivity index (χ4v) is 3.40. The van der Waals surface area contributed by atoms with Crippen LogP contribution in [0, 0.1) is 5.92 Å². The third-order valence-corrected chi connectivity index (χ3v) is 5.62. The zero-order valence-corrected chi connectivity index (χ0v) is 10.8. The summed E-state index contributed by atoms with van der Waals surface area (Å²) in [6.07, 6.45) is 1.10. The summed E-state index contributed by atoms with van der Waals surface area (Å²) in [6, 6.07) is 0. The van der Waals surface area contributed by atoms with Crippen LogP contribution in [0.3, 0.4) is 0 Å². The Balaban J connectivity index is 2.80. The highest BCUT2D eigenvalue weighted by atomic mass is 32.2. The summed E-state index contributed by atoms with van der Waals surface area (Å²) in [5.41, 5.74) is 1.31. The van der Waals surface area contributed by atoms with Crippen LogP contribution in [-0.2, 0) is 0 Å². The highest BCUT2D eigenvalue weighted by Gasteiger charge is 2.41. The Morgan fingerprint density at radius 1 is 1.46 bits per heavy atom. The summed E-state index contributed by atoms with van der Waals surface area (Å²) in [5.74, 6) is 1.67. The molecule has 0 aromatic rings. The molecule has 0 aromatic carbocycles. The number of hydrogen-bond donors (Lipinski definition) is 1. The summed E-state index contributed by atoms with van der Waals surface area (Å²) in [6.45, 7) is 13.2. The molecule has 1 fully saturated rings. The van der Waals surface area contributed by atoms with Gasteiger partial charge in [0.15, 0.2) is 0 Å². The van der Waals surface area contributed by atoms with E-state index in [2.05, 4.69) is 34.3 Å². The fourth-order valence-electron chi connectivity index (χ4n) is 1.70. The Bertz CT molecular complexity index is 218. The van der Waals surface area contributed by atoms with Gasteiger partial charge in [-0.2, -0.15) is 24.4 Å². The minimum absolute atomic E-state index is 0.0557. The first kappa shape index (κ1) is 11.5. The van der Waals surface area contributed by atoms with Crippen molar-refractivity contribution in [2.24, 2.45) is 5.92 Å². The van der Waals surface area contributed by atoms with E-state index in [0.29, 0.717) is 10.7 Å². The van der Waals surface area contributed by atoms with Crippen LogP contribution in [0.15, 0.2) is 12.2 Å². The summed E-state index contributed by atoms with van der Waals surface area (Å²) in [5, 5.41) is 0. The molecule has 0 N–H and O–H groups in total. The van der Waals surface area contributed by atoms with Gasteiger partial charge in [-0.15, -0.1) is 0 Å². The maximum Gasteiger partial charge on any atom is 0.0449 e. The van der Waals surface area contributed by atoms with Crippen molar-refractivity contribution in [3.05, 3.63) is 12.2 Å². The van der Waals surface area contributed by atoms with E-state index in [9.17, 15) is 0 Å². The number of thiol groups is 1. The van der Waals surface area contributed by atoms with Crippen molar-refractivity contribution in [1.82, 2.24) is 0 Å². The summed E-state index contributed by atoms with van der Waals surface area (Å²) in [7, 11) is 0. The lowest BCUT2D eigenvalue weighted by molar-refractivity contribution is 0.491. The quantitative estimate of drug-likeness (QED) is 0.514. The van der Waals surface area contributed by atoms with Crippen molar-refractivity contribution in [1.29, 1.82) is 0 Å². The molecule has 1 saturated heterocycles. The van der Waals surface area contributed by atoms with E-state index < -0.39 is 0 Å². The largest absolute Gasteiger partial charge is 0.167 e. The van der Waals surface area contributed by atoms with Gasteiger partial charge in [0.2, 0.25) is 0 Å². The van der Waals surface area contributed by atoms with Crippen molar-refractivity contribution >= 4 is 24.4 Å². The van der Waals surface area contributed by atoms with E-state index in [-0.39, 0.29) is 4.75 Å². The standard InChI is InChI=1S/C11H20S2/c1-8(2)11(12)7-13-10(4,5)6-9(11)3/h8,12H,3,6-7H2,1-2,4-5H3. The zero-order chi connectivity index (χ0) is 10.3. The van der Waals surface area contributed by atoms with Crippen molar-refractivity contribution in [2.45, 2.75) is 43.6 Å². The zero-order valence-electron chi connectivity index (χ0n) is 9.05. The number of rotatable bonds is 1. The molecule has 1 aliphatic rings. The summed E-state index contributed by atoms with van der Waals surface area (Å²) < 4.78 is 0.415. The molecule has 0 saturated carbocycles. The molecule has 1 rings (SSSR count). The smallest absolute Gasteiger partial charge is 0.0449 e. The molecule has 1 unspecified atom stereocenters. The van der Waals surface area contributed by atoms with Crippen molar-refractivity contribution in [3.8, 4) is 0 Å². The molecule has 1 aliphatic heterocycles. The first-order valence-corrected chi connectivity index (χ1v) is 6.26. The lowest BCUT2D eigenvalue weighted by Gasteiger charge is -2.44. The Morgan fingerprint density at radius 3 is 2.38 bits per heavy atom. The van der Waals surface area contributed by atoms with E-state index in [4.69, 9.17) is 12.6 Å². The van der Waals surface area contributed by atoms with Crippen LogP contribution in [-0.4, -0.2) is 15.2 Å². The van der Waals surface area contributed by atoms with Crippen molar-refractivity contribution in [2.75, 3.05) is 5.75 Å². The third kappa shape index (κ3) is 2.27. The Hall–Kier alpha value is 0.440. The topological polar surface area (TPSA) is 0 Å². The van der Waals surface area contributed by atoms with E-state index in [1.54, 1.807) is 0 Å². The van der Waals surface area contributed by atoms with Crippen LogP contribution < -0.4 is 0 Å². The predicted octanol–water partition coefficient (Wildman–Crippen LogP) is 3.78. The van der Waals surface area contributed by atoms with E-state index in [0.717, 1.165) is 12.2 Å². The van der Waals surface area contributed by atoms with Crippen LogP contribution in [0.4, 0.5) is 0 Å². The van der Waals surface area contributed by atoms with Crippen molar-refractivity contribution in [3.63, 3.8) is 0 Å². The monoisotopic (exact) mass is 216 g/mol. The molecule has 0 radical (unpaired) electrons. The molecule has 0 nitrogen and oxygen atoms in total. The normalized spacial score (nSPS) is 33.8. The molecule has 1 atom stereocenters. The second kappa shape index (κ2) is 3.54. The Kier molecular flexibility index (Phi) is 3.14. The number of thioether (sulfide) groups is 1. The van der Waals surface area contributed by atoms with Gasteiger partial charge >= 0.3 is 0 Å². The summed E-state index contributed by atoms with van der Waals surface area (Å²) in [4.78, 5) is 0. The average Bonchev–Trinajstić information content (AvgIpc) is 1.96. The van der Waals surface area contributed by atoms with Gasteiger partial charge < -0.3 is 0 Å². The first-order valence-electron chi connectivity index (χ1n) is 4.82. The molecule has 0 spiro atoms. The van der Waals surface area contributed by atoms with Gasteiger partial charge in [0.25, 0.3) is 0 Å². The molecule has 1 heterocycles. The molecule has 0 aromatic heterocycles. The van der Waals surface area contributed by atoms with Crippen LogP contribution in [0.1, 0.15) is 34.1 Å². The molecule has 76 valence electrons. The van der Waals surface area contributed by atoms with E-state index in [1.165, 1.54) is 5.57 Å². The first-order chi connectivity index (χ1) is 5.78. The van der Waals surface area contributed by atoms with Crippen LogP contribution in [0.2, 0.25) is 0 Å². The molecular weight excluding hydrogens is 196 g/mol. The Morgan fingerprint density at radius 2 is 2.00 bits per heavy atom. The molecule has 2 heteroatoms. The maximum atomic E-state index is 4.80. The molecule has 13 heavy (non-hydrogen) atoms. The minimum atomic E-state index is 0.0557. The average molecular weight is 216 g/mol. The molecule has 0 amide bonds. The van der Waals surface area contributed by atoms with E-state index >= 15 is 0 Å². The maximum absolute atomic E-state index is 4.80. The third-order valence-electron chi connectivity index (χ3n) is 2.89. The minimum Gasteiger partial charge on any atom is -0.167 e. The fraction of sp³-hybridized carbons (Fsp3) is 0.818. The van der Waals surface area contributed by atoms with Crippen molar-refractivity contribution < 1.29 is 0 Å². The molecule has 0 bridgehead atoms. The van der Waals surface area contributed by atoms with Gasteiger partial charge in [-0.25, -0.2) is 0 Å². The highest BCUT2D eigenvalue weighted by molar-refractivity contribution is 8.01. The predicted molar refractivity (Wildman–Crippen MR) is 66.8 cm³/mol. The van der Waals surface area contributed by atoms with E-state index in [1.807, 2.05) is 11.8 Å². The van der Waals surface area contributed by atoms with Crippen LogP contribution in [0.5, 0.6) is 0 Å². The van der Waals surface area contributed by atoms with Crippen LogP contribution in [0.25, 0.3) is 0 Å². The van der Waals surface area contributed by atoms with Gasteiger partial charge in [-0.05, 0) is 12.3 Å². The SMILES string of the molecule is C=C1CC(C)(C)SCC1(S)C(C)C. The van der Waals surface area contributed by atoms with Crippen LogP contribution >= 0.6 is 24.4 Å². The number of hydrogen-bond acceptors (Lipinski definition) is 2. The lowest BCUT2D eigenvalue weighted by Crippen LogP contribution is -2.41. The lowest BCUT2D eigenvalue weighted by atomic mass is 9.84. The second-order valence-electron chi connectivity index (χ2n) is 4.91. The highest BCUT2D eigenvalue weighted by Crippen LogP contribution is 2.48. The molecule has 0 aliphatic carbocycles. The Labute approximate surface area is 92.0 Å². The summed E-state index contributed by atoms with van der Waals surface area (Å²) >= 11 is 6.82. The second-order valence-corrected chi connectivity index (χ2v) is 7.39. The van der Waals surface area contributed by atoms with Gasteiger partial charge in [-0.1, -0.05) is 39.8 Å². The van der Waals surface area contributed by atoms with Gasteiger partial charge in [0.05, 0.1) is 0 Å². The molecular formula is C11H20S2. The van der Waals surface area contributed by atoms with Gasteiger partial charge in [-0.3, -0.25) is 0 Å². The van der Waals surface area contributed by atoms with Gasteiger partial charge in [0.1, 0.15) is 0 Å². The van der Waals surface area contributed by atoms with Gasteiger partial charge in [0, 0.05) is 15.2 Å².